The fourth-order valence-electron chi connectivity index (χ4n) is 2.28. The summed E-state index contributed by atoms with van der Waals surface area (Å²) in [5, 5.41) is 23.0. The molecular formula is C16H20ClN3O3. The zero-order chi connectivity index (χ0) is 16.8. The molecule has 1 heterocycles. The number of hydrogen-bond donors (Lipinski definition) is 2. The molecule has 0 radical (unpaired) electrons. The third kappa shape index (κ3) is 4.10. The number of para-hydroxylation sites is 1. The summed E-state index contributed by atoms with van der Waals surface area (Å²) in [6, 6.07) is 7.25. The molecule has 0 unspecified atom stereocenters. The van der Waals surface area contributed by atoms with Crippen LogP contribution in [-0.4, -0.2) is 57.1 Å². The molecule has 0 fully saturated rings. The van der Waals surface area contributed by atoms with E-state index in [1.165, 1.54) is 4.90 Å². The Morgan fingerprint density at radius 3 is 2.65 bits per heavy atom. The van der Waals surface area contributed by atoms with Crippen LogP contribution >= 0.6 is 11.6 Å². The number of carbonyl (C=O) groups excluding carboxylic acids is 1. The Hall–Kier alpha value is -1.89. The fraction of sp³-hybridized carbons (Fsp3) is 0.375. The van der Waals surface area contributed by atoms with Crippen molar-refractivity contribution in [1.82, 2.24) is 14.7 Å². The van der Waals surface area contributed by atoms with Crippen molar-refractivity contribution >= 4 is 17.5 Å². The number of carbonyl (C=O) groups is 1. The van der Waals surface area contributed by atoms with Gasteiger partial charge in [0.1, 0.15) is 0 Å². The second-order valence-corrected chi connectivity index (χ2v) is 5.56. The number of hydrogen-bond acceptors (Lipinski definition) is 4. The maximum atomic E-state index is 12.6. The number of benzene rings is 1. The minimum Gasteiger partial charge on any atom is -0.396 e. The van der Waals surface area contributed by atoms with Crippen LogP contribution in [0.15, 0.2) is 30.5 Å². The summed E-state index contributed by atoms with van der Waals surface area (Å²) in [6.07, 6.45) is 2.20. The Labute approximate surface area is 139 Å². The molecule has 0 bridgehead atoms. The molecule has 1 amide bonds. The molecule has 0 spiro atoms. The second kappa shape index (κ2) is 8.10. The quantitative estimate of drug-likeness (QED) is 0.805. The lowest BCUT2D eigenvalue weighted by Crippen LogP contribution is -2.35. The number of aromatic nitrogens is 2. The molecule has 2 N–H and O–H groups in total. The molecule has 6 nitrogen and oxygen atoms in total. The maximum absolute atomic E-state index is 12.6. The van der Waals surface area contributed by atoms with E-state index in [1.807, 2.05) is 18.2 Å². The molecule has 0 saturated carbocycles. The molecule has 2 aromatic rings. The molecule has 0 aliphatic carbocycles. The SMILES string of the molecule is Cc1cn(-c2ccccc2Cl)nc1C(=O)N(CCO)CCCO. The van der Waals surface area contributed by atoms with Crippen molar-refractivity contribution in [3.05, 3.63) is 46.7 Å². The van der Waals surface area contributed by atoms with Gasteiger partial charge < -0.3 is 15.1 Å². The highest BCUT2D eigenvalue weighted by atomic mass is 35.5. The van der Waals surface area contributed by atoms with Gasteiger partial charge in [-0.05, 0) is 25.5 Å². The van der Waals surface area contributed by atoms with Gasteiger partial charge in [-0.15, -0.1) is 0 Å². The zero-order valence-electron chi connectivity index (χ0n) is 12.9. The minimum absolute atomic E-state index is 0.0117. The summed E-state index contributed by atoms with van der Waals surface area (Å²) in [4.78, 5) is 14.1. The van der Waals surface area contributed by atoms with Crippen LogP contribution in [0, 0.1) is 6.92 Å². The molecule has 124 valence electrons. The topological polar surface area (TPSA) is 78.6 Å². The largest absolute Gasteiger partial charge is 0.396 e. The minimum atomic E-state index is -0.268. The fourth-order valence-corrected chi connectivity index (χ4v) is 2.50. The summed E-state index contributed by atoms with van der Waals surface area (Å²) in [5.41, 5.74) is 1.73. The molecule has 0 aliphatic rings. The first kappa shape index (κ1) is 17.5. The highest BCUT2D eigenvalue weighted by Crippen LogP contribution is 2.21. The van der Waals surface area contributed by atoms with Crippen molar-refractivity contribution in [2.75, 3.05) is 26.3 Å². The molecule has 2 rings (SSSR count). The van der Waals surface area contributed by atoms with Gasteiger partial charge in [0.05, 0.1) is 17.3 Å². The first-order valence-electron chi connectivity index (χ1n) is 7.40. The molecular weight excluding hydrogens is 318 g/mol. The number of aliphatic hydroxyl groups is 2. The Balaban J connectivity index is 2.29. The lowest BCUT2D eigenvalue weighted by atomic mass is 10.2. The van der Waals surface area contributed by atoms with Crippen LogP contribution in [0.1, 0.15) is 22.5 Å². The van der Waals surface area contributed by atoms with Gasteiger partial charge in [-0.1, -0.05) is 23.7 Å². The molecule has 0 atom stereocenters. The first-order chi connectivity index (χ1) is 11.1. The van der Waals surface area contributed by atoms with Gasteiger partial charge in [0, 0.05) is 31.5 Å². The number of aliphatic hydroxyl groups excluding tert-OH is 2. The number of halogens is 1. The summed E-state index contributed by atoms with van der Waals surface area (Å²) >= 11 is 6.16. The van der Waals surface area contributed by atoms with Gasteiger partial charge in [-0.3, -0.25) is 4.79 Å². The van der Waals surface area contributed by atoms with Crippen molar-refractivity contribution in [2.45, 2.75) is 13.3 Å². The van der Waals surface area contributed by atoms with Gasteiger partial charge in [-0.2, -0.15) is 5.10 Å². The number of amides is 1. The third-order valence-corrected chi connectivity index (χ3v) is 3.76. The predicted octanol–water partition coefficient (Wildman–Crippen LogP) is 1.65. The smallest absolute Gasteiger partial charge is 0.274 e. The first-order valence-corrected chi connectivity index (χ1v) is 7.78. The van der Waals surface area contributed by atoms with Crippen molar-refractivity contribution in [1.29, 1.82) is 0 Å². The van der Waals surface area contributed by atoms with Gasteiger partial charge in [0.25, 0.3) is 5.91 Å². The van der Waals surface area contributed by atoms with Crippen molar-refractivity contribution in [3.8, 4) is 5.69 Å². The van der Waals surface area contributed by atoms with Crippen molar-refractivity contribution in [3.63, 3.8) is 0 Å². The van der Waals surface area contributed by atoms with Crippen molar-refractivity contribution in [2.24, 2.45) is 0 Å². The van der Waals surface area contributed by atoms with E-state index in [9.17, 15) is 4.79 Å². The maximum Gasteiger partial charge on any atom is 0.274 e. The molecule has 1 aromatic heterocycles. The lowest BCUT2D eigenvalue weighted by molar-refractivity contribution is 0.0703. The van der Waals surface area contributed by atoms with Gasteiger partial charge in [0.2, 0.25) is 0 Å². The standard InChI is InChI=1S/C16H20ClN3O3/c1-12-11-20(14-6-3-2-5-13(14)17)18-15(12)16(23)19(8-10-22)7-4-9-21/h2-3,5-6,11,21-22H,4,7-10H2,1H3. The van der Waals surface area contributed by atoms with Gasteiger partial charge >= 0.3 is 0 Å². The number of nitrogens with zero attached hydrogens (tertiary/aromatic N) is 3. The Bertz CT molecular complexity index is 672. The van der Waals surface area contributed by atoms with Crippen LogP contribution < -0.4 is 0 Å². The van der Waals surface area contributed by atoms with Gasteiger partial charge in [-0.25, -0.2) is 4.68 Å². The van der Waals surface area contributed by atoms with E-state index < -0.39 is 0 Å². The third-order valence-electron chi connectivity index (χ3n) is 3.44. The van der Waals surface area contributed by atoms with Crippen LogP contribution in [0.5, 0.6) is 0 Å². The van der Waals surface area contributed by atoms with E-state index in [0.29, 0.717) is 29.4 Å². The van der Waals surface area contributed by atoms with E-state index in [-0.39, 0.29) is 25.7 Å². The normalized spacial score (nSPS) is 10.8. The van der Waals surface area contributed by atoms with Gasteiger partial charge in [0.15, 0.2) is 5.69 Å². The highest BCUT2D eigenvalue weighted by molar-refractivity contribution is 6.32. The number of rotatable bonds is 7. The van der Waals surface area contributed by atoms with Crippen LogP contribution in [0.3, 0.4) is 0 Å². The van der Waals surface area contributed by atoms with E-state index in [2.05, 4.69) is 5.10 Å². The van der Waals surface area contributed by atoms with Crippen LogP contribution in [-0.2, 0) is 0 Å². The molecule has 7 heteroatoms. The average Bonchev–Trinajstić information content (AvgIpc) is 2.93. The van der Waals surface area contributed by atoms with E-state index in [1.54, 1.807) is 23.9 Å². The van der Waals surface area contributed by atoms with Crippen molar-refractivity contribution < 1.29 is 15.0 Å². The lowest BCUT2D eigenvalue weighted by Gasteiger charge is -2.20. The van der Waals surface area contributed by atoms with E-state index >= 15 is 0 Å². The van der Waals surface area contributed by atoms with Crippen LogP contribution in [0.4, 0.5) is 0 Å². The number of aryl methyl sites for hydroxylation is 1. The summed E-state index contributed by atoms with van der Waals surface area (Å²) in [7, 11) is 0. The summed E-state index contributed by atoms with van der Waals surface area (Å²) < 4.78 is 1.58. The van der Waals surface area contributed by atoms with E-state index in [0.717, 1.165) is 5.56 Å². The monoisotopic (exact) mass is 337 g/mol. The zero-order valence-corrected chi connectivity index (χ0v) is 13.7. The molecule has 0 saturated heterocycles. The molecule has 23 heavy (non-hydrogen) atoms. The average molecular weight is 338 g/mol. The molecule has 0 aliphatic heterocycles. The highest BCUT2D eigenvalue weighted by Gasteiger charge is 2.21. The summed E-state index contributed by atoms with van der Waals surface area (Å²) in [5.74, 6) is -0.268. The van der Waals surface area contributed by atoms with Crippen LogP contribution in [0.25, 0.3) is 5.69 Å². The summed E-state index contributed by atoms with van der Waals surface area (Å²) in [6.45, 7) is 2.23. The molecule has 1 aromatic carbocycles. The Morgan fingerprint density at radius 2 is 2.00 bits per heavy atom. The Kier molecular flexibility index (Phi) is 6.15. The van der Waals surface area contributed by atoms with Crippen LogP contribution in [0.2, 0.25) is 5.02 Å². The predicted molar refractivity (Wildman–Crippen MR) is 88.0 cm³/mol. The second-order valence-electron chi connectivity index (χ2n) is 5.15. The van der Waals surface area contributed by atoms with E-state index in [4.69, 9.17) is 21.8 Å². The Morgan fingerprint density at radius 1 is 1.26 bits per heavy atom.